The lowest BCUT2D eigenvalue weighted by atomic mass is 9.92. The number of aromatic nitrogens is 4. The Morgan fingerprint density at radius 1 is 0.889 bits per heavy atom. The molecule has 2 aliphatic rings. The fraction of sp³-hybridized carbons (Fsp3) is 0.565. The average molecular weight is 513 g/mol. The third kappa shape index (κ3) is 6.07. The molecule has 4 heterocycles. The molecular formula is C23H37FN6O6. The molecule has 0 unspecified atom stereocenters. The molecule has 2 aliphatic heterocycles. The lowest BCUT2D eigenvalue weighted by molar-refractivity contribution is -0.148. The number of rotatable bonds is 4. The number of amides is 2. The maximum Gasteiger partial charge on any atom is 0.316 e. The van der Waals surface area contributed by atoms with E-state index in [1.807, 2.05) is 26.0 Å². The van der Waals surface area contributed by atoms with Gasteiger partial charge in [0.05, 0.1) is 11.4 Å². The average Bonchev–Trinajstić information content (AvgIpc) is 3.44. The Morgan fingerprint density at radius 2 is 1.33 bits per heavy atom. The predicted molar refractivity (Wildman–Crippen MR) is 130 cm³/mol. The van der Waals surface area contributed by atoms with Gasteiger partial charge in [0.2, 0.25) is 11.8 Å². The molecule has 4 atom stereocenters. The number of halogens is 1. The van der Waals surface area contributed by atoms with Crippen LogP contribution in [0.15, 0.2) is 12.1 Å². The number of carboxylic acids is 2. The Bertz CT molecular complexity index is 1070. The van der Waals surface area contributed by atoms with Crippen LogP contribution in [0.4, 0.5) is 4.70 Å². The molecule has 2 amide bonds. The fourth-order valence-electron chi connectivity index (χ4n) is 4.16. The third-order valence-corrected chi connectivity index (χ3v) is 6.25. The van der Waals surface area contributed by atoms with E-state index < -0.39 is 29.7 Å². The summed E-state index contributed by atoms with van der Waals surface area (Å²) in [6.45, 7) is 4.53. The molecule has 2 aromatic heterocycles. The van der Waals surface area contributed by atoms with Crippen molar-refractivity contribution in [1.29, 1.82) is 0 Å². The first-order valence-electron chi connectivity index (χ1n) is 10.4. The van der Waals surface area contributed by atoms with E-state index in [-0.39, 0.29) is 37.3 Å². The van der Waals surface area contributed by atoms with Crippen molar-refractivity contribution < 1.29 is 34.1 Å². The van der Waals surface area contributed by atoms with Gasteiger partial charge in [0, 0.05) is 57.5 Å². The highest BCUT2D eigenvalue weighted by Gasteiger charge is 2.45. The van der Waals surface area contributed by atoms with Crippen molar-refractivity contribution in [2.24, 2.45) is 25.9 Å². The Hall–Kier alpha value is -3.77. The van der Waals surface area contributed by atoms with Crippen LogP contribution in [0.1, 0.15) is 49.5 Å². The van der Waals surface area contributed by atoms with Crippen LogP contribution in [0.25, 0.3) is 0 Å². The summed E-state index contributed by atoms with van der Waals surface area (Å²) in [7, 11) is 5.21. The molecule has 3 N–H and O–H groups in total. The zero-order valence-electron chi connectivity index (χ0n) is 19.6. The van der Waals surface area contributed by atoms with E-state index >= 15 is 0 Å². The Morgan fingerprint density at radius 3 is 1.72 bits per heavy atom. The molecule has 202 valence electrons. The summed E-state index contributed by atoms with van der Waals surface area (Å²) in [5, 5.41) is 29.2. The van der Waals surface area contributed by atoms with Crippen LogP contribution in [0.3, 0.4) is 0 Å². The number of carbonyl (C=O) groups is 4. The second kappa shape index (κ2) is 12.3. The number of carbonyl (C=O) groups excluding carboxylic acids is 2. The molecule has 0 aliphatic carbocycles. The van der Waals surface area contributed by atoms with Crippen molar-refractivity contribution in [3.8, 4) is 0 Å². The number of nitrogens with one attached hydrogen (secondary N) is 1. The smallest absolute Gasteiger partial charge is 0.316 e. The molecule has 12 nitrogen and oxygen atoms in total. The lowest BCUT2D eigenvalue weighted by Crippen LogP contribution is -2.28. The number of hydrogen-bond donors (Lipinski definition) is 3. The second-order valence-electron chi connectivity index (χ2n) is 8.48. The Kier molecular flexibility index (Phi) is 11.0. The minimum absolute atomic E-state index is 0. The summed E-state index contributed by atoms with van der Waals surface area (Å²) in [4.78, 5) is 46.7. The van der Waals surface area contributed by atoms with Crippen LogP contribution in [-0.2, 0) is 33.3 Å². The van der Waals surface area contributed by atoms with E-state index in [1.165, 1.54) is 4.90 Å². The van der Waals surface area contributed by atoms with Crippen molar-refractivity contribution >= 4 is 23.8 Å². The van der Waals surface area contributed by atoms with E-state index in [9.17, 15) is 19.2 Å². The van der Waals surface area contributed by atoms with Crippen molar-refractivity contribution in [3.05, 3.63) is 34.9 Å². The van der Waals surface area contributed by atoms with Crippen LogP contribution in [0, 0.1) is 25.7 Å². The minimum Gasteiger partial charge on any atom is -0.481 e. The van der Waals surface area contributed by atoms with E-state index in [4.69, 9.17) is 10.2 Å². The van der Waals surface area contributed by atoms with Crippen LogP contribution in [0.2, 0.25) is 0 Å². The molecule has 2 aromatic rings. The molecule has 0 bridgehead atoms. The molecule has 4 rings (SSSR count). The van der Waals surface area contributed by atoms with Crippen molar-refractivity contribution in [2.75, 3.05) is 20.1 Å². The minimum atomic E-state index is -1.09. The topological polar surface area (TPSA) is 160 Å². The first kappa shape index (κ1) is 32.2. The summed E-state index contributed by atoms with van der Waals surface area (Å²) in [5.41, 5.74) is 3.23. The van der Waals surface area contributed by atoms with Crippen molar-refractivity contribution in [3.63, 3.8) is 0 Å². The van der Waals surface area contributed by atoms with E-state index in [1.54, 1.807) is 30.5 Å². The summed E-state index contributed by atoms with van der Waals surface area (Å²) >= 11 is 0. The molecule has 0 radical (unpaired) electrons. The SMILES string of the molecule is C.C.Cc1cc([C@H]2CN(C)C(=O)[C@@H]2C(=O)O)nn1C.Cc1cc([C@H]2CNC(=O)[C@@H]2C(=O)O)nn1C.F. The Balaban J connectivity index is 0.000000629. The molecule has 2 saturated heterocycles. The van der Waals surface area contributed by atoms with Crippen molar-refractivity contribution in [1.82, 2.24) is 29.8 Å². The van der Waals surface area contributed by atoms with Gasteiger partial charge in [-0.15, -0.1) is 0 Å². The lowest BCUT2D eigenvalue weighted by Gasteiger charge is -2.09. The van der Waals surface area contributed by atoms with Crippen LogP contribution in [0.5, 0.6) is 0 Å². The van der Waals surface area contributed by atoms with Crippen LogP contribution in [-0.4, -0.2) is 78.6 Å². The van der Waals surface area contributed by atoms with Gasteiger partial charge < -0.3 is 20.4 Å². The summed E-state index contributed by atoms with van der Waals surface area (Å²) in [6.07, 6.45) is 0. The molecule has 0 saturated carbocycles. The van der Waals surface area contributed by atoms with Gasteiger partial charge in [0.15, 0.2) is 0 Å². The number of likely N-dealkylation sites (N-methyl/N-ethyl adjacent to an activating group) is 1. The maximum atomic E-state index is 11.7. The van der Waals surface area contributed by atoms with E-state index in [0.717, 1.165) is 11.4 Å². The quantitative estimate of drug-likeness (QED) is 0.513. The largest absolute Gasteiger partial charge is 0.481 e. The number of aryl methyl sites for hydroxylation is 4. The second-order valence-corrected chi connectivity index (χ2v) is 8.48. The zero-order valence-corrected chi connectivity index (χ0v) is 19.6. The molecule has 36 heavy (non-hydrogen) atoms. The summed E-state index contributed by atoms with van der Waals surface area (Å²) < 4.78 is 3.37. The molecule has 0 aromatic carbocycles. The number of hydrogen-bond acceptors (Lipinski definition) is 6. The zero-order chi connectivity index (χ0) is 24.6. The normalized spacial score (nSPS) is 22.4. The maximum absolute atomic E-state index is 11.7. The molecular weight excluding hydrogens is 475 g/mol. The standard InChI is InChI=1S/C11H15N3O3.C10H13N3O3.2CH4.FH/c1-6-4-8(12-14(6)3)7-5-13(2)10(15)9(7)11(16)17;1-5-3-7(12-13(5)2)6-4-11-9(14)8(6)10(15)16;;;/h4,7,9H,5H2,1-3H3,(H,16,17);3,6,8H,4H2,1-2H3,(H,11,14)(H,15,16);2*1H4;1H/t7-,9-;6-,8-;;;/m11.../s1. The van der Waals surface area contributed by atoms with Gasteiger partial charge in [-0.25, -0.2) is 0 Å². The number of aliphatic carboxylic acids is 2. The molecule has 2 fully saturated rings. The van der Waals surface area contributed by atoms with Gasteiger partial charge in [-0.2, -0.15) is 10.2 Å². The number of carboxylic acid groups (broad SMARTS) is 2. The van der Waals surface area contributed by atoms with Crippen LogP contribution >= 0.6 is 0 Å². The van der Waals surface area contributed by atoms with E-state index in [0.29, 0.717) is 24.5 Å². The van der Waals surface area contributed by atoms with Crippen LogP contribution < -0.4 is 5.32 Å². The van der Waals surface area contributed by atoms with Gasteiger partial charge in [-0.1, -0.05) is 14.9 Å². The first-order valence-corrected chi connectivity index (χ1v) is 10.4. The Labute approximate surface area is 209 Å². The highest BCUT2D eigenvalue weighted by Crippen LogP contribution is 2.32. The van der Waals surface area contributed by atoms with Gasteiger partial charge >= 0.3 is 11.9 Å². The molecule has 0 spiro atoms. The van der Waals surface area contributed by atoms with Gasteiger partial charge in [-0.05, 0) is 26.0 Å². The third-order valence-electron chi connectivity index (χ3n) is 6.25. The summed E-state index contributed by atoms with van der Waals surface area (Å²) in [6, 6.07) is 3.66. The first-order chi connectivity index (χ1) is 15.4. The number of nitrogens with zero attached hydrogens (tertiary/aromatic N) is 5. The van der Waals surface area contributed by atoms with Gasteiger partial charge in [-0.3, -0.25) is 33.2 Å². The fourth-order valence-corrected chi connectivity index (χ4v) is 4.16. The monoisotopic (exact) mass is 512 g/mol. The predicted octanol–water partition coefficient (Wildman–Crippen LogP) is 1.05. The van der Waals surface area contributed by atoms with Crippen molar-refractivity contribution in [2.45, 2.75) is 40.5 Å². The highest BCUT2D eigenvalue weighted by atomic mass is 19.0. The highest BCUT2D eigenvalue weighted by molar-refractivity contribution is 6.00. The van der Waals surface area contributed by atoms with Gasteiger partial charge in [0.25, 0.3) is 0 Å². The summed E-state index contributed by atoms with van der Waals surface area (Å²) in [5.74, 6) is -5.69. The molecule has 13 heteroatoms. The van der Waals surface area contributed by atoms with E-state index in [2.05, 4.69) is 15.5 Å². The number of likely N-dealkylation sites (tertiary alicyclic amines) is 1. The van der Waals surface area contributed by atoms with Gasteiger partial charge in [0.1, 0.15) is 11.8 Å².